The molecule has 19 heavy (non-hydrogen) atoms. The summed E-state index contributed by atoms with van der Waals surface area (Å²) in [5.74, 6) is 0.284. The summed E-state index contributed by atoms with van der Waals surface area (Å²) < 4.78 is 0. The molecule has 0 saturated carbocycles. The maximum atomic E-state index is 11.7. The number of aromatic amines is 1. The summed E-state index contributed by atoms with van der Waals surface area (Å²) in [6.45, 7) is 8.63. The van der Waals surface area contributed by atoms with Crippen molar-refractivity contribution in [3.8, 4) is 0 Å². The first-order chi connectivity index (χ1) is 8.84. The van der Waals surface area contributed by atoms with Crippen molar-refractivity contribution in [2.24, 2.45) is 0 Å². The van der Waals surface area contributed by atoms with E-state index >= 15 is 0 Å². The molecule has 0 fully saturated rings. The average Bonchev–Trinajstić information content (AvgIpc) is 2.78. The number of H-pyrrole nitrogens is 1. The van der Waals surface area contributed by atoms with Crippen LogP contribution >= 0.6 is 0 Å². The Morgan fingerprint density at radius 2 is 1.95 bits per heavy atom. The first-order valence-corrected chi connectivity index (χ1v) is 6.32. The summed E-state index contributed by atoms with van der Waals surface area (Å²) in [5.41, 5.74) is -0.188. The Morgan fingerprint density at radius 1 is 1.26 bits per heavy atom. The van der Waals surface area contributed by atoms with E-state index < -0.39 is 0 Å². The molecule has 0 unspecified atom stereocenters. The molecule has 2 amide bonds. The molecule has 7 heteroatoms. The predicted molar refractivity (Wildman–Crippen MR) is 70.7 cm³/mol. The fourth-order valence-corrected chi connectivity index (χ4v) is 1.35. The van der Waals surface area contributed by atoms with Crippen LogP contribution in [0.25, 0.3) is 0 Å². The fraction of sp³-hybridized carbons (Fsp3) is 0.667. The second-order valence-electron chi connectivity index (χ2n) is 5.22. The molecule has 3 N–H and O–H groups in total. The lowest BCUT2D eigenvalue weighted by Gasteiger charge is -2.12. The minimum Gasteiger partial charge on any atom is -0.356 e. The van der Waals surface area contributed by atoms with E-state index in [2.05, 4.69) is 25.8 Å². The van der Waals surface area contributed by atoms with Gasteiger partial charge >= 0.3 is 0 Å². The highest BCUT2D eigenvalue weighted by molar-refractivity contribution is 5.90. The van der Waals surface area contributed by atoms with Crippen molar-refractivity contribution in [1.29, 1.82) is 0 Å². The van der Waals surface area contributed by atoms with Gasteiger partial charge < -0.3 is 10.6 Å². The van der Waals surface area contributed by atoms with Gasteiger partial charge in [0, 0.05) is 24.9 Å². The van der Waals surface area contributed by atoms with Gasteiger partial charge in [0.25, 0.3) is 5.91 Å². The van der Waals surface area contributed by atoms with Crippen LogP contribution < -0.4 is 10.6 Å². The van der Waals surface area contributed by atoms with E-state index in [9.17, 15) is 9.59 Å². The average molecular weight is 267 g/mol. The molecule has 1 aromatic rings. The van der Waals surface area contributed by atoms with Gasteiger partial charge in [0.15, 0.2) is 0 Å². The third kappa shape index (κ3) is 4.69. The molecule has 0 bridgehead atoms. The van der Waals surface area contributed by atoms with E-state index in [1.807, 2.05) is 27.7 Å². The topological polar surface area (TPSA) is 99.8 Å². The number of aromatic nitrogens is 3. The highest BCUT2D eigenvalue weighted by Gasteiger charge is 2.21. The standard InChI is InChI=1S/C12H21N5O2/c1-5-13-8(18)6-7-14-10(19)9-15-11(17-16-9)12(2,3)4/h5-7H2,1-4H3,(H,13,18)(H,14,19)(H,15,16,17). The van der Waals surface area contributed by atoms with Crippen molar-refractivity contribution < 1.29 is 9.59 Å². The second kappa shape index (κ2) is 6.31. The molecule has 0 saturated heterocycles. The van der Waals surface area contributed by atoms with Crippen LogP contribution in [-0.2, 0) is 10.2 Å². The van der Waals surface area contributed by atoms with E-state index in [0.717, 1.165) is 0 Å². The molecular formula is C12H21N5O2. The zero-order valence-electron chi connectivity index (χ0n) is 11.8. The molecule has 0 atom stereocenters. The van der Waals surface area contributed by atoms with Gasteiger partial charge in [0.1, 0.15) is 5.82 Å². The predicted octanol–water partition coefficient (Wildman–Crippen LogP) is 0.358. The molecule has 1 heterocycles. The quantitative estimate of drug-likeness (QED) is 0.717. The molecule has 0 aliphatic heterocycles. The Labute approximate surface area is 112 Å². The summed E-state index contributed by atoms with van der Waals surface area (Å²) in [4.78, 5) is 27.1. The zero-order valence-corrected chi connectivity index (χ0v) is 11.8. The molecule has 7 nitrogen and oxygen atoms in total. The Morgan fingerprint density at radius 3 is 2.47 bits per heavy atom. The first kappa shape index (κ1) is 15.1. The molecular weight excluding hydrogens is 246 g/mol. The third-order valence-electron chi connectivity index (χ3n) is 2.41. The van der Waals surface area contributed by atoms with E-state index in [1.165, 1.54) is 0 Å². The summed E-state index contributed by atoms with van der Waals surface area (Å²) in [6, 6.07) is 0. The van der Waals surface area contributed by atoms with E-state index in [-0.39, 0.29) is 36.0 Å². The second-order valence-corrected chi connectivity index (χ2v) is 5.22. The fourth-order valence-electron chi connectivity index (χ4n) is 1.35. The van der Waals surface area contributed by atoms with Gasteiger partial charge in [-0.2, -0.15) is 0 Å². The van der Waals surface area contributed by atoms with Crippen molar-refractivity contribution in [1.82, 2.24) is 25.8 Å². The van der Waals surface area contributed by atoms with Gasteiger partial charge in [-0.05, 0) is 6.92 Å². The van der Waals surface area contributed by atoms with Crippen molar-refractivity contribution in [2.75, 3.05) is 13.1 Å². The number of hydrogen-bond donors (Lipinski definition) is 3. The smallest absolute Gasteiger partial charge is 0.290 e. The molecule has 106 valence electrons. The van der Waals surface area contributed by atoms with Crippen LogP contribution in [0.5, 0.6) is 0 Å². The molecule has 0 aliphatic carbocycles. The summed E-state index contributed by atoms with van der Waals surface area (Å²) in [7, 11) is 0. The number of amides is 2. The summed E-state index contributed by atoms with van der Waals surface area (Å²) >= 11 is 0. The van der Waals surface area contributed by atoms with E-state index in [0.29, 0.717) is 12.4 Å². The molecule has 1 aromatic heterocycles. The number of hydrogen-bond acceptors (Lipinski definition) is 4. The van der Waals surface area contributed by atoms with Gasteiger partial charge in [0.05, 0.1) is 0 Å². The number of carbonyl (C=O) groups is 2. The van der Waals surface area contributed by atoms with Crippen LogP contribution in [0.4, 0.5) is 0 Å². The van der Waals surface area contributed by atoms with Crippen LogP contribution in [0.3, 0.4) is 0 Å². The normalized spacial score (nSPS) is 11.2. The van der Waals surface area contributed by atoms with Crippen LogP contribution in [-0.4, -0.2) is 40.1 Å². The number of rotatable bonds is 5. The molecule has 0 radical (unpaired) electrons. The minimum atomic E-state index is -0.379. The van der Waals surface area contributed by atoms with Crippen LogP contribution in [0, 0.1) is 0 Å². The highest BCUT2D eigenvalue weighted by Crippen LogP contribution is 2.17. The van der Waals surface area contributed by atoms with Crippen LogP contribution in [0.1, 0.15) is 50.6 Å². The third-order valence-corrected chi connectivity index (χ3v) is 2.41. The Hall–Kier alpha value is -1.92. The van der Waals surface area contributed by atoms with Crippen molar-refractivity contribution in [3.63, 3.8) is 0 Å². The van der Waals surface area contributed by atoms with Gasteiger partial charge in [-0.15, -0.1) is 5.10 Å². The Kier molecular flexibility index (Phi) is 5.02. The van der Waals surface area contributed by atoms with Crippen molar-refractivity contribution in [2.45, 2.75) is 39.5 Å². The molecule has 0 aromatic carbocycles. The van der Waals surface area contributed by atoms with E-state index in [1.54, 1.807) is 0 Å². The largest absolute Gasteiger partial charge is 0.356 e. The lowest BCUT2D eigenvalue weighted by atomic mass is 9.96. The van der Waals surface area contributed by atoms with Gasteiger partial charge in [-0.3, -0.25) is 14.7 Å². The lowest BCUT2D eigenvalue weighted by Crippen LogP contribution is -2.31. The van der Waals surface area contributed by atoms with Gasteiger partial charge in [0.2, 0.25) is 11.7 Å². The summed E-state index contributed by atoms with van der Waals surface area (Å²) in [5, 5.41) is 11.9. The zero-order chi connectivity index (χ0) is 14.5. The number of nitrogens with one attached hydrogen (secondary N) is 3. The molecule has 1 rings (SSSR count). The Bertz CT molecular complexity index is 447. The highest BCUT2D eigenvalue weighted by atomic mass is 16.2. The SMILES string of the molecule is CCNC(=O)CCNC(=O)c1n[nH]c(C(C)(C)C)n1. The summed E-state index contributed by atoms with van der Waals surface area (Å²) in [6.07, 6.45) is 0.246. The van der Waals surface area contributed by atoms with Gasteiger partial charge in [-0.25, -0.2) is 4.98 Å². The number of nitrogens with zero attached hydrogens (tertiary/aromatic N) is 2. The van der Waals surface area contributed by atoms with Crippen molar-refractivity contribution in [3.05, 3.63) is 11.6 Å². The van der Waals surface area contributed by atoms with Crippen molar-refractivity contribution >= 4 is 11.8 Å². The number of carbonyl (C=O) groups excluding carboxylic acids is 2. The first-order valence-electron chi connectivity index (χ1n) is 6.32. The maximum Gasteiger partial charge on any atom is 0.290 e. The van der Waals surface area contributed by atoms with Crippen LogP contribution in [0.2, 0.25) is 0 Å². The van der Waals surface area contributed by atoms with Crippen LogP contribution in [0.15, 0.2) is 0 Å². The minimum absolute atomic E-state index is 0.0897. The molecule has 0 aliphatic rings. The Balaban J connectivity index is 2.46. The van der Waals surface area contributed by atoms with E-state index in [4.69, 9.17) is 0 Å². The molecule has 0 spiro atoms. The maximum absolute atomic E-state index is 11.7. The monoisotopic (exact) mass is 267 g/mol. The lowest BCUT2D eigenvalue weighted by molar-refractivity contribution is -0.120. The van der Waals surface area contributed by atoms with Gasteiger partial charge in [-0.1, -0.05) is 20.8 Å².